The number of carbonyl (C=O) groups is 1. The van der Waals surface area contributed by atoms with E-state index in [1.165, 1.54) is 6.07 Å². The number of aryl methyl sites for hydroxylation is 2. The maximum atomic E-state index is 11.6. The number of carboxylic acids is 1. The molecule has 0 spiro atoms. The summed E-state index contributed by atoms with van der Waals surface area (Å²) in [5.41, 5.74) is 2.17. The number of imidazole rings is 1. The zero-order valence-corrected chi connectivity index (χ0v) is 8.86. The van der Waals surface area contributed by atoms with Gasteiger partial charge in [0.25, 0.3) is 5.56 Å². The van der Waals surface area contributed by atoms with Gasteiger partial charge in [-0.1, -0.05) is 6.07 Å². The molecule has 84 valence electrons. The number of hydrogen-bond acceptors (Lipinski definition) is 2. The summed E-state index contributed by atoms with van der Waals surface area (Å²) < 4.78 is 1.55. The minimum absolute atomic E-state index is 0.0579. The molecule has 0 amide bonds. The summed E-state index contributed by atoms with van der Waals surface area (Å²) in [5, 5.41) is 8.61. The molecule has 0 saturated carbocycles. The molecular weight excluding hydrogens is 208 g/mol. The van der Waals surface area contributed by atoms with Crippen LogP contribution in [-0.2, 0) is 11.2 Å². The van der Waals surface area contributed by atoms with Crippen LogP contribution in [0, 0.1) is 6.92 Å². The van der Waals surface area contributed by atoms with Crippen LogP contribution in [0.4, 0.5) is 0 Å². The number of aromatic nitrogens is 2. The van der Waals surface area contributed by atoms with Crippen LogP contribution in [0.3, 0.4) is 0 Å². The predicted octanol–water partition coefficient (Wildman–Crippen LogP) is 0.953. The van der Waals surface area contributed by atoms with Gasteiger partial charge in [0.1, 0.15) is 5.65 Å². The minimum atomic E-state index is -0.842. The third kappa shape index (κ3) is 1.71. The van der Waals surface area contributed by atoms with Crippen molar-refractivity contribution in [2.75, 3.05) is 0 Å². The summed E-state index contributed by atoms with van der Waals surface area (Å²) in [5.74, 6) is -0.842. The third-order valence-corrected chi connectivity index (χ3v) is 2.59. The van der Waals surface area contributed by atoms with Crippen LogP contribution in [-0.4, -0.2) is 20.5 Å². The Bertz CT molecular complexity index is 595. The van der Waals surface area contributed by atoms with Gasteiger partial charge in [0.05, 0.1) is 6.42 Å². The summed E-state index contributed by atoms with van der Waals surface area (Å²) in [6, 6.07) is 4.95. The van der Waals surface area contributed by atoms with Crippen molar-refractivity contribution in [2.45, 2.75) is 19.8 Å². The first-order valence-corrected chi connectivity index (χ1v) is 5.00. The van der Waals surface area contributed by atoms with E-state index in [0.29, 0.717) is 12.1 Å². The first kappa shape index (κ1) is 10.5. The van der Waals surface area contributed by atoms with Crippen LogP contribution in [0.1, 0.15) is 17.8 Å². The van der Waals surface area contributed by atoms with Crippen molar-refractivity contribution in [1.29, 1.82) is 0 Å². The topological polar surface area (TPSA) is 74.6 Å². The lowest BCUT2D eigenvalue weighted by molar-refractivity contribution is -0.136. The lowest BCUT2D eigenvalue weighted by atomic mass is 10.2. The van der Waals surface area contributed by atoms with Crippen molar-refractivity contribution in [3.05, 3.63) is 39.9 Å². The van der Waals surface area contributed by atoms with E-state index in [1.807, 2.05) is 6.92 Å². The first-order valence-electron chi connectivity index (χ1n) is 5.00. The lowest BCUT2D eigenvalue weighted by Gasteiger charge is -1.96. The monoisotopic (exact) mass is 220 g/mol. The van der Waals surface area contributed by atoms with Gasteiger partial charge in [-0.25, -0.2) is 0 Å². The van der Waals surface area contributed by atoms with Crippen LogP contribution in [0.5, 0.6) is 0 Å². The van der Waals surface area contributed by atoms with Crippen molar-refractivity contribution in [1.82, 2.24) is 9.38 Å². The predicted molar refractivity (Wildman–Crippen MR) is 58.7 cm³/mol. The lowest BCUT2D eigenvalue weighted by Crippen LogP contribution is -2.11. The molecule has 2 heterocycles. The molecule has 0 atom stereocenters. The minimum Gasteiger partial charge on any atom is -0.481 e. The smallest absolute Gasteiger partial charge is 0.303 e. The number of aromatic amines is 1. The van der Waals surface area contributed by atoms with E-state index in [-0.39, 0.29) is 12.0 Å². The number of H-pyrrole nitrogens is 1. The van der Waals surface area contributed by atoms with Crippen molar-refractivity contribution in [2.24, 2.45) is 0 Å². The Kier molecular flexibility index (Phi) is 2.52. The molecule has 0 unspecified atom stereocenters. The second-order valence-corrected chi connectivity index (χ2v) is 3.67. The number of aliphatic carboxylic acids is 1. The van der Waals surface area contributed by atoms with Crippen LogP contribution >= 0.6 is 0 Å². The van der Waals surface area contributed by atoms with Gasteiger partial charge in [0, 0.05) is 17.5 Å². The molecular formula is C11H12N2O3. The van der Waals surface area contributed by atoms with Crippen LogP contribution in [0.15, 0.2) is 23.0 Å². The molecule has 2 N–H and O–H groups in total. The van der Waals surface area contributed by atoms with E-state index >= 15 is 0 Å². The second-order valence-electron chi connectivity index (χ2n) is 3.67. The van der Waals surface area contributed by atoms with E-state index in [4.69, 9.17) is 5.11 Å². The van der Waals surface area contributed by atoms with Gasteiger partial charge < -0.3 is 10.1 Å². The largest absolute Gasteiger partial charge is 0.481 e. The van der Waals surface area contributed by atoms with Crippen molar-refractivity contribution in [3.8, 4) is 0 Å². The Morgan fingerprint density at radius 3 is 2.88 bits per heavy atom. The van der Waals surface area contributed by atoms with Gasteiger partial charge in [-0.05, 0) is 19.4 Å². The van der Waals surface area contributed by atoms with Gasteiger partial charge in [0.15, 0.2) is 0 Å². The van der Waals surface area contributed by atoms with Gasteiger partial charge in [0.2, 0.25) is 0 Å². The summed E-state index contributed by atoms with van der Waals surface area (Å²) in [4.78, 5) is 25.1. The van der Waals surface area contributed by atoms with Gasteiger partial charge in [-0.15, -0.1) is 0 Å². The van der Waals surface area contributed by atoms with E-state index in [0.717, 1.165) is 11.4 Å². The standard InChI is InChI=1S/C11H12N2O3/c1-7-8(5-6-11(15)16)12-9-3-2-4-10(14)13(7)9/h2-4,12H,5-6H2,1H3,(H,15,16). The number of fused-ring (bicyclic) bond motifs is 1. The first-order chi connectivity index (χ1) is 7.59. The number of carboxylic acid groups (broad SMARTS) is 1. The molecule has 0 saturated heterocycles. The van der Waals surface area contributed by atoms with Gasteiger partial charge in [-0.3, -0.25) is 14.0 Å². The highest BCUT2D eigenvalue weighted by Gasteiger charge is 2.09. The Morgan fingerprint density at radius 1 is 1.50 bits per heavy atom. The Hall–Kier alpha value is -2.04. The average molecular weight is 220 g/mol. The molecule has 5 nitrogen and oxygen atoms in total. The number of nitrogens with zero attached hydrogens (tertiary/aromatic N) is 1. The van der Waals surface area contributed by atoms with Crippen molar-refractivity contribution < 1.29 is 9.90 Å². The van der Waals surface area contributed by atoms with Crippen LogP contribution < -0.4 is 5.56 Å². The highest BCUT2D eigenvalue weighted by molar-refractivity contribution is 5.67. The number of nitrogens with one attached hydrogen (secondary N) is 1. The van der Waals surface area contributed by atoms with E-state index < -0.39 is 5.97 Å². The molecule has 0 aliphatic rings. The molecule has 0 bridgehead atoms. The maximum absolute atomic E-state index is 11.6. The van der Waals surface area contributed by atoms with Crippen molar-refractivity contribution in [3.63, 3.8) is 0 Å². The molecule has 0 aliphatic heterocycles. The summed E-state index contributed by atoms with van der Waals surface area (Å²) in [6.45, 7) is 1.81. The quantitative estimate of drug-likeness (QED) is 0.808. The SMILES string of the molecule is Cc1c(CCC(=O)O)[nH]c2cccc(=O)n12. The average Bonchev–Trinajstić information content (AvgIpc) is 2.54. The maximum Gasteiger partial charge on any atom is 0.303 e. The van der Waals surface area contributed by atoms with E-state index in [9.17, 15) is 9.59 Å². The molecule has 0 aromatic carbocycles. The van der Waals surface area contributed by atoms with Gasteiger partial charge in [-0.2, -0.15) is 0 Å². The second kappa shape index (κ2) is 3.84. The Balaban J connectivity index is 2.48. The molecule has 2 rings (SSSR count). The zero-order chi connectivity index (χ0) is 11.7. The summed E-state index contributed by atoms with van der Waals surface area (Å²) in [7, 11) is 0. The molecule has 0 fully saturated rings. The summed E-state index contributed by atoms with van der Waals surface area (Å²) >= 11 is 0. The third-order valence-electron chi connectivity index (χ3n) is 2.59. The molecule has 0 radical (unpaired) electrons. The highest BCUT2D eigenvalue weighted by Crippen LogP contribution is 2.10. The molecule has 5 heteroatoms. The zero-order valence-electron chi connectivity index (χ0n) is 8.86. The number of hydrogen-bond donors (Lipinski definition) is 2. The fourth-order valence-corrected chi connectivity index (χ4v) is 1.79. The number of pyridine rings is 1. The number of rotatable bonds is 3. The van der Waals surface area contributed by atoms with E-state index in [2.05, 4.69) is 4.98 Å². The highest BCUT2D eigenvalue weighted by atomic mass is 16.4. The van der Waals surface area contributed by atoms with E-state index in [1.54, 1.807) is 16.5 Å². The Morgan fingerprint density at radius 2 is 2.25 bits per heavy atom. The summed E-state index contributed by atoms with van der Waals surface area (Å²) in [6.07, 6.45) is 0.463. The fraction of sp³-hybridized carbons (Fsp3) is 0.273. The van der Waals surface area contributed by atoms with Crippen LogP contribution in [0.2, 0.25) is 0 Å². The van der Waals surface area contributed by atoms with Gasteiger partial charge >= 0.3 is 5.97 Å². The van der Waals surface area contributed by atoms with Crippen LogP contribution in [0.25, 0.3) is 5.65 Å². The molecule has 0 aliphatic carbocycles. The molecule has 2 aromatic heterocycles. The fourth-order valence-electron chi connectivity index (χ4n) is 1.79. The van der Waals surface area contributed by atoms with Crippen molar-refractivity contribution >= 4 is 11.6 Å². The Labute approximate surface area is 91.3 Å². The molecule has 16 heavy (non-hydrogen) atoms. The normalized spacial score (nSPS) is 10.8. The molecule has 2 aromatic rings.